The molecule has 5 aliphatic rings. The Morgan fingerprint density at radius 3 is 2.56 bits per heavy atom. The summed E-state index contributed by atoms with van der Waals surface area (Å²) in [7, 11) is 4.33. The third-order valence-electron chi connectivity index (χ3n) is 8.47. The molecule has 4 aliphatic heterocycles. The van der Waals surface area contributed by atoms with E-state index in [1.54, 1.807) is 0 Å². The Morgan fingerprint density at radius 2 is 1.85 bits per heavy atom. The fourth-order valence-corrected chi connectivity index (χ4v) is 6.65. The number of rotatable bonds is 3. The average molecular weight is 464 g/mol. The number of hydrogen-bond acceptors (Lipinski definition) is 6. The van der Waals surface area contributed by atoms with Gasteiger partial charge in [0, 0.05) is 70.1 Å². The quantitative estimate of drug-likeness (QED) is 0.697. The molecule has 0 atom stereocenters. The molecule has 1 aromatic heterocycles. The summed E-state index contributed by atoms with van der Waals surface area (Å²) in [6.45, 7) is 6.31. The van der Waals surface area contributed by atoms with Crippen LogP contribution in [0.25, 0.3) is 11.3 Å². The van der Waals surface area contributed by atoms with Crippen molar-refractivity contribution in [2.24, 2.45) is 18.4 Å². The predicted molar refractivity (Wildman–Crippen MR) is 128 cm³/mol. The first kappa shape index (κ1) is 20.6. The highest BCUT2D eigenvalue weighted by Gasteiger charge is 2.53. The molecule has 5 heterocycles. The first-order chi connectivity index (χ1) is 16.5. The second kappa shape index (κ2) is 7.13. The molecular formula is C26H33N5O3. The molecule has 0 bridgehead atoms. The largest absolute Gasteiger partial charge is 0.480 e. The van der Waals surface area contributed by atoms with Gasteiger partial charge in [-0.1, -0.05) is 12.1 Å². The number of likely N-dealkylation sites (tertiary alicyclic amines) is 2. The molecule has 2 aromatic rings. The molecule has 4 fully saturated rings. The molecule has 1 amide bonds. The summed E-state index contributed by atoms with van der Waals surface area (Å²) in [6.07, 6.45) is 3.66. The van der Waals surface area contributed by atoms with E-state index in [4.69, 9.17) is 14.5 Å². The normalized spacial score (nSPS) is 24.2. The van der Waals surface area contributed by atoms with Crippen molar-refractivity contribution >= 4 is 12.0 Å². The van der Waals surface area contributed by atoms with E-state index < -0.39 is 5.60 Å². The van der Waals surface area contributed by atoms with Crippen LogP contribution in [0.5, 0.6) is 5.75 Å². The highest BCUT2D eigenvalue weighted by molar-refractivity contribution is 5.75. The fourth-order valence-electron chi connectivity index (χ4n) is 6.65. The second-order valence-electron chi connectivity index (χ2n) is 11.3. The number of imidazole rings is 1. The second-order valence-corrected chi connectivity index (χ2v) is 11.3. The molecule has 0 radical (unpaired) electrons. The van der Waals surface area contributed by atoms with Crippen molar-refractivity contribution in [3.63, 3.8) is 0 Å². The van der Waals surface area contributed by atoms with Crippen molar-refractivity contribution in [3.8, 4) is 17.0 Å². The van der Waals surface area contributed by atoms with Gasteiger partial charge in [-0.15, -0.1) is 0 Å². The fraction of sp³-hybridized carbons (Fsp3) is 0.615. The van der Waals surface area contributed by atoms with E-state index in [0.717, 1.165) is 54.6 Å². The lowest BCUT2D eigenvalue weighted by molar-refractivity contribution is -0.0117. The standard InChI is InChI=1S/C26H33N5O3/c1-28-14-25(15-28)16-31(17-25)23-27-21-19-5-3-4-6-20(19)34-26(22(21)29(23)2)9-11-30(12-10-26)24(32)33-13-18-7-8-18/h3-6,18H,7-17H2,1-2H3. The number of carbonyl (C=O) groups is 1. The first-order valence-corrected chi connectivity index (χ1v) is 12.7. The van der Waals surface area contributed by atoms with E-state index >= 15 is 0 Å². The molecule has 3 saturated heterocycles. The number of benzene rings is 1. The number of para-hydroxylation sites is 1. The SMILES string of the molecule is CN1CC2(C1)CN(c1nc3c(n1C)C1(CCN(C(=O)OCC4CC4)CC1)Oc1ccccc1-3)C2. The van der Waals surface area contributed by atoms with Crippen LogP contribution in [0.1, 0.15) is 31.4 Å². The molecule has 0 unspecified atom stereocenters. The maximum Gasteiger partial charge on any atom is 0.409 e. The van der Waals surface area contributed by atoms with Crippen LogP contribution in [0.3, 0.4) is 0 Å². The summed E-state index contributed by atoms with van der Waals surface area (Å²) in [5.74, 6) is 2.51. The van der Waals surface area contributed by atoms with Gasteiger partial charge < -0.3 is 28.7 Å². The number of anilines is 1. The van der Waals surface area contributed by atoms with Crippen molar-refractivity contribution in [2.75, 3.05) is 57.8 Å². The topological polar surface area (TPSA) is 63.1 Å². The minimum atomic E-state index is -0.476. The smallest absolute Gasteiger partial charge is 0.409 e. The predicted octanol–water partition coefficient (Wildman–Crippen LogP) is 3.07. The zero-order chi connectivity index (χ0) is 23.1. The van der Waals surface area contributed by atoms with Crippen molar-refractivity contribution in [1.29, 1.82) is 0 Å². The zero-order valence-electron chi connectivity index (χ0n) is 20.1. The van der Waals surface area contributed by atoms with E-state index in [1.807, 2.05) is 17.0 Å². The number of hydrogen-bond donors (Lipinski definition) is 0. The van der Waals surface area contributed by atoms with Gasteiger partial charge >= 0.3 is 6.09 Å². The van der Waals surface area contributed by atoms with Crippen LogP contribution in [0.4, 0.5) is 10.7 Å². The maximum atomic E-state index is 12.6. The molecule has 1 aromatic carbocycles. The first-order valence-electron chi connectivity index (χ1n) is 12.7. The molecule has 8 nitrogen and oxygen atoms in total. The Bertz CT molecular complexity index is 1130. The Labute approximate surface area is 200 Å². The summed E-state index contributed by atoms with van der Waals surface area (Å²) >= 11 is 0. The molecule has 8 heteroatoms. The lowest BCUT2D eigenvalue weighted by Crippen LogP contribution is -2.71. The minimum absolute atomic E-state index is 0.180. The monoisotopic (exact) mass is 463 g/mol. The van der Waals surface area contributed by atoms with Gasteiger partial charge in [0.25, 0.3) is 0 Å². The van der Waals surface area contributed by atoms with Crippen LogP contribution >= 0.6 is 0 Å². The number of piperidine rings is 1. The van der Waals surface area contributed by atoms with E-state index in [-0.39, 0.29) is 6.09 Å². The van der Waals surface area contributed by atoms with Gasteiger partial charge in [-0.25, -0.2) is 9.78 Å². The van der Waals surface area contributed by atoms with Crippen LogP contribution in [-0.2, 0) is 17.4 Å². The lowest BCUT2D eigenvalue weighted by Gasteiger charge is -2.59. The van der Waals surface area contributed by atoms with Crippen LogP contribution in [0.2, 0.25) is 0 Å². The number of amides is 1. The molecule has 180 valence electrons. The molecule has 1 aliphatic carbocycles. The summed E-state index contributed by atoms with van der Waals surface area (Å²) in [4.78, 5) is 24.5. The van der Waals surface area contributed by atoms with Gasteiger partial charge in [0.05, 0.1) is 12.3 Å². The lowest BCUT2D eigenvalue weighted by atomic mass is 9.73. The van der Waals surface area contributed by atoms with Crippen molar-refractivity contribution in [3.05, 3.63) is 30.0 Å². The van der Waals surface area contributed by atoms with E-state index in [0.29, 0.717) is 31.0 Å². The van der Waals surface area contributed by atoms with Crippen LogP contribution in [-0.4, -0.2) is 78.4 Å². The third-order valence-corrected chi connectivity index (χ3v) is 8.47. The van der Waals surface area contributed by atoms with Gasteiger partial charge in [0.2, 0.25) is 5.95 Å². The van der Waals surface area contributed by atoms with Crippen LogP contribution < -0.4 is 9.64 Å². The van der Waals surface area contributed by atoms with Crippen molar-refractivity contribution in [1.82, 2.24) is 19.4 Å². The highest BCUT2D eigenvalue weighted by atomic mass is 16.6. The van der Waals surface area contributed by atoms with Gasteiger partial charge in [-0.3, -0.25) is 0 Å². The van der Waals surface area contributed by atoms with Crippen LogP contribution in [0, 0.1) is 11.3 Å². The van der Waals surface area contributed by atoms with Crippen LogP contribution in [0.15, 0.2) is 24.3 Å². The average Bonchev–Trinajstić information content (AvgIpc) is 3.56. The number of carbonyl (C=O) groups excluding carboxylic acids is 1. The Hall–Kier alpha value is -2.74. The van der Waals surface area contributed by atoms with Gasteiger partial charge in [-0.05, 0) is 37.9 Å². The van der Waals surface area contributed by atoms with Gasteiger partial charge in [0.15, 0.2) is 5.60 Å². The Morgan fingerprint density at radius 1 is 1.12 bits per heavy atom. The van der Waals surface area contributed by atoms with E-state index in [9.17, 15) is 4.79 Å². The van der Waals surface area contributed by atoms with Gasteiger partial charge in [0.1, 0.15) is 11.4 Å². The van der Waals surface area contributed by atoms with Crippen molar-refractivity contribution < 1.29 is 14.3 Å². The molecule has 2 spiro atoms. The van der Waals surface area contributed by atoms with Gasteiger partial charge in [-0.2, -0.15) is 0 Å². The maximum absolute atomic E-state index is 12.6. The minimum Gasteiger partial charge on any atom is -0.480 e. The Kier molecular flexibility index (Phi) is 4.33. The molecule has 1 saturated carbocycles. The summed E-state index contributed by atoms with van der Waals surface area (Å²) in [6, 6.07) is 8.24. The summed E-state index contributed by atoms with van der Waals surface area (Å²) in [5, 5.41) is 0. The molecule has 34 heavy (non-hydrogen) atoms. The van der Waals surface area contributed by atoms with E-state index in [2.05, 4.69) is 40.6 Å². The summed E-state index contributed by atoms with van der Waals surface area (Å²) in [5.41, 5.74) is 3.22. The molecule has 0 N–H and O–H groups in total. The summed E-state index contributed by atoms with van der Waals surface area (Å²) < 4.78 is 14.6. The molecular weight excluding hydrogens is 430 g/mol. The molecule has 7 rings (SSSR count). The van der Waals surface area contributed by atoms with Crippen molar-refractivity contribution in [2.45, 2.75) is 31.3 Å². The Balaban J connectivity index is 1.17. The zero-order valence-corrected chi connectivity index (χ0v) is 20.1. The van der Waals surface area contributed by atoms with E-state index in [1.165, 1.54) is 25.9 Å². The number of fused-ring (bicyclic) bond motifs is 4. The number of nitrogens with zero attached hydrogens (tertiary/aromatic N) is 5. The highest BCUT2D eigenvalue weighted by Crippen LogP contribution is 2.51. The number of ether oxygens (including phenoxy) is 2. The third kappa shape index (κ3) is 3.07. The number of aromatic nitrogens is 2.